The number of hydrogen-bond acceptors (Lipinski definition) is 0. The Kier molecular flexibility index (Phi) is 5.39. The molecule has 0 aliphatic rings. The van der Waals surface area contributed by atoms with Crippen molar-refractivity contribution in [3.8, 4) is 44.5 Å². The zero-order valence-electron chi connectivity index (χ0n) is 17.0. The summed E-state index contributed by atoms with van der Waals surface area (Å²) in [6.07, 6.45) is 0. The fourth-order valence-electron chi connectivity index (χ4n) is 3.92. The number of rotatable bonds is 4. The van der Waals surface area contributed by atoms with E-state index >= 15 is 0 Å². The van der Waals surface area contributed by atoms with Crippen molar-refractivity contribution in [2.45, 2.75) is 0 Å². The Balaban J connectivity index is 1.49. The number of halogens is 1. The monoisotopic (exact) mass is 416 g/mol. The van der Waals surface area contributed by atoms with Gasteiger partial charge in [-0.25, -0.2) is 0 Å². The predicted octanol–water partition coefficient (Wildman–Crippen LogP) is 9.01. The Labute approximate surface area is 188 Å². The third-order valence-corrected chi connectivity index (χ3v) is 5.74. The summed E-state index contributed by atoms with van der Waals surface area (Å²) in [5, 5.41) is 0.744. The van der Waals surface area contributed by atoms with E-state index in [1.54, 1.807) is 0 Å². The molecule has 148 valence electrons. The van der Waals surface area contributed by atoms with Crippen molar-refractivity contribution in [2.75, 3.05) is 0 Å². The average molecular weight is 417 g/mol. The molecular weight excluding hydrogens is 396 g/mol. The van der Waals surface area contributed by atoms with Crippen LogP contribution in [0.4, 0.5) is 0 Å². The van der Waals surface area contributed by atoms with E-state index in [0.29, 0.717) is 0 Å². The predicted molar refractivity (Wildman–Crippen MR) is 133 cm³/mol. The standard InChI is InChI=1S/C30H21Cl/c31-30-20-28(23-10-5-2-6-11-23)19-29(21-30)27-13-7-12-26(18-27)25-16-14-24(15-17-25)22-8-3-1-4-9-22/h1-21H. The molecule has 5 aromatic rings. The Bertz CT molecular complexity index is 1300. The van der Waals surface area contributed by atoms with E-state index in [1.165, 1.54) is 27.8 Å². The maximum absolute atomic E-state index is 6.48. The highest BCUT2D eigenvalue weighted by molar-refractivity contribution is 6.31. The zero-order chi connectivity index (χ0) is 21.0. The summed E-state index contributed by atoms with van der Waals surface area (Å²) in [4.78, 5) is 0. The fraction of sp³-hybridized carbons (Fsp3) is 0. The molecule has 0 saturated heterocycles. The molecular formula is C30H21Cl. The molecule has 0 saturated carbocycles. The molecule has 0 aliphatic carbocycles. The van der Waals surface area contributed by atoms with Crippen LogP contribution < -0.4 is 0 Å². The summed E-state index contributed by atoms with van der Waals surface area (Å²) < 4.78 is 0. The molecule has 0 N–H and O–H groups in total. The maximum Gasteiger partial charge on any atom is 0.0418 e. The minimum Gasteiger partial charge on any atom is -0.0843 e. The first-order valence-corrected chi connectivity index (χ1v) is 10.8. The zero-order valence-corrected chi connectivity index (χ0v) is 17.8. The Morgan fingerprint density at radius 2 is 0.645 bits per heavy atom. The Morgan fingerprint density at radius 3 is 1.23 bits per heavy atom. The summed E-state index contributed by atoms with van der Waals surface area (Å²) in [6, 6.07) is 44.5. The second kappa shape index (κ2) is 8.63. The molecule has 0 radical (unpaired) electrons. The fourth-order valence-corrected chi connectivity index (χ4v) is 4.15. The number of hydrogen-bond donors (Lipinski definition) is 0. The molecule has 0 nitrogen and oxygen atoms in total. The lowest BCUT2D eigenvalue weighted by Crippen LogP contribution is -1.85. The summed E-state index contributed by atoms with van der Waals surface area (Å²) in [6.45, 7) is 0. The molecule has 0 amide bonds. The molecule has 0 atom stereocenters. The van der Waals surface area contributed by atoms with Crippen LogP contribution in [0.5, 0.6) is 0 Å². The van der Waals surface area contributed by atoms with Crippen LogP contribution in [0.3, 0.4) is 0 Å². The van der Waals surface area contributed by atoms with E-state index in [-0.39, 0.29) is 0 Å². The van der Waals surface area contributed by atoms with Gasteiger partial charge in [0, 0.05) is 5.02 Å². The van der Waals surface area contributed by atoms with Crippen molar-refractivity contribution < 1.29 is 0 Å². The average Bonchev–Trinajstić information content (AvgIpc) is 2.85. The van der Waals surface area contributed by atoms with E-state index in [0.717, 1.165) is 21.7 Å². The molecule has 0 unspecified atom stereocenters. The SMILES string of the molecule is Clc1cc(-c2ccccc2)cc(-c2cccc(-c3ccc(-c4ccccc4)cc3)c2)c1. The lowest BCUT2D eigenvalue weighted by atomic mass is 9.95. The van der Waals surface area contributed by atoms with E-state index in [2.05, 4.69) is 103 Å². The van der Waals surface area contributed by atoms with Crippen LogP contribution in [-0.2, 0) is 0 Å². The largest absolute Gasteiger partial charge is 0.0843 e. The van der Waals surface area contributed by atoms with Gasteiger partial charge in [0.05, 0.1) is 0 Å². The summed E-state index contributed by atoms with van der Waals surface area (Å²) in [5.74, 6) is 0. The molecule has 0 heterocycles. The van der Waals surface area contributed by atoms with Gasteiger partial charge in [0.1, 0.15) is 0 Å². The minimum absolute atomic E-state index is 0.744. The summed E-state index contributed by atoms with van der Waals surface area (Å²) >= 11 is 6.48. The van der Waals surface area contributed by atoms with Crippen LogP contribution in [0.15, 0.2) is 127 Å². The Morgan fingerprint density at radius 1 is 0.290 bits per heavy atom. The van der Waals surface area contributed by atoms with Crippen LogP contribution in [0.1, 0.15) is 0 Å². The molecule has 31 heavy (non-hydrogen) atoms. The molecule has 0 bridgehead atoms. The lowest BCUT2D eigenvalue weighted by Gasteiger charge is -2.10. The van der Waals surface area contributed by atoms with E-state index in [4.69, 9.17) is 11.6 Å². The van der Waals surface area contributed by atoms with Gasteiger partial charge in [0.25, 0.3) is 0 Å². The molecule has 0 aromatic heterocycles. The molecule has 1 heteroatoms. The van der Waals surface area contributed by atoms with Gasteiger partial charge in [-0.3, -0.25) is 0 Å². The summed E-state index contributed by atoms with van der Waals surface area (Å²) in [7, 11) is 0. The third-order valence-electron chi connectivity index (χ3n) is 5.53. The first-order valence-electron chi connectivity index (χ1n) is 10.4. The molecule has 0 fully saturated rings. The number of benzene rings is 5. The van der Waals surface area contributed by atoms with Gasteiger partial charge < -0.3 is 0 Å². The highest BCUT2D eigenvalue weighted by Gasteiger charge is 2.07. The molecule has 0 spiro atoms. The van der Waals surface area contributed by atoms with E-state index in [1.807, 2.05) is 24.3 Å². The highest BCUT2D eigenvalue weighted by atomic mass is 35.5. The maximum atomic E-state index is 6.48. The van der Waals surface area contributed by atoms with Gasteiger partial charge >= 0.3 is 0 Å². The van der Waals surface area contributed by atoms with Crippen LogP contribution in [0.2, 0.25) is 5.02 Å². The van der Waals surface area contributed by atoms with Crippen molar-refractivity contribution in [3.05, 3.63) is 132 Å². The molecule has 5 rings (SSSR count). The van der Waals surface area contributed by atoms with Gasteiger partial charge in [-0.15, -0.1) is 0 Å². The van der Waals surface area contributed by atoms with Crippen molar-refractivity contribution >= 4 is 11.6 Å². The Hall–Kier alpha value is -3.61. The first kappa shape index (κ1) is 19.4. The second-order valence-corrected chi connectivity index (χ2v) is 8.06. The normalized spacial score (nSPS) is 10.7. The van der Waals surface area contributed by atoms with Gasteiger partial charge in [0.15, 0.2) is 0 Å². The smallest absolute Gasteiger partial charge is 0.0418 e. The minimum atomic E-state index is 0.744. The van der Waals surface area contributed by atoms with E-state index < -0.39 is 0 Å². The highest BCUT2D eigenvalue weighted by Crippen LogP contribution is 2.33. The van der Waals surface area contributed by atoms with Gasteiger partial charge in [-0.05, 0) is 68.8 Å². The van der Waals surface area contributed by atoms with Crippen molar-refractivity contribution in [2.24, 2.45) is 0 Å². The van der Waals surface area contributed by atoms with Crippen molar-refractivity contribution in [3.63, 3.8) is 0 Å². The molecule has 5 aromatic carbocycles. The van der Waals surface area contributed by atoms with Crippen LogP contribution in [0.25, 0.3) is 44.5 Å². The second-order valence-electron chi connectivity index (χ2n) is 7.62. The van der Waals surface area contributed by atoms with Gasteiger partial charge in [-0.2, -0.15) is 0 Å². The lowest BCUT2D eigenvalue weighted by molar-refractivity contribution is 1.56. The quantitative estimate of drug-likeness (QED) is 0.274. The van der Waals surface area contributed by atoms with Gasteiger partial charge in [0.2, 0.25) is 0 Å². The van der Waals surface area contributed by atoms with Crippen LogP contribution in [0, 0.1) is 0 Å². The van der Waals surface area contributed by atoms with Crippen molar-refractivity contribution in [1.29, 1.82) is 0 Å². The third kappa shape index (κ3) is 4.30. The van der Waals surface area contributed by atoms with Crippen molar-refractivity contribution in [1.82, 2.24) is 0 Å². The van der Waals surface area contributed by atoms with Gasteiger partial charge in [-0.1, -0.05) is 115 Å². The van der Waals surface area contributed by atoms with E-state index in [9.17, 15) is 0 Å². The first-order chi connectivity index (χ1) is 15.3. The van der Waals surface area contributed by atoms with Crippen LogP contribution >= 0.6 is 11.6 Å². The summed E-state index contributed by atoms with van der Waals surface area (Å²) in [5.41, 5.74) is 9.42. The topological polar surface area (TPSA) is 0 Å². The molecule has 0 aliphatic heterocycles. The van der Waals surface area contributed by atoms with Crippen LogP contribution in [-0.4, -0.2) is 0 Å².